The van der Waals surface area contributed by atoms with E-state index in [9.17, 15) is 4.79 Å². The van der Waals surface area contributed by atoms with Crippen molar-refractivity contribution in [3.63, 3.8) is 0 Å². The maximum absolute atomic E-state index is 12.2. The number of ether oxygens (including phenoxy) is 1. The molecular formula is C14H20N2O2. The second-order valence-corrected chi connectivity index (χ2v) is 4.96. The minimum atomic E-state index is 0.0731. The van der Waals surface area contributed by atoms with Gasteiger partial charge in [-0.3, -0.25) is 4.79 Å². The first-order valence-electron chi connectivity index (χ1n) is 6.36. The Balaban J connectivity index is 2.13. The second-order valence-electron chi connectivity index (χ2n) is 4.96. The summed E-state index contributed by atoms with van der Waals surface area (Å²) in [4.78, 5) is 12.2. The number of nitrogens with one attached hydrogen (secondary N) is 1. The molecule has 1 aromatic rings. The molecule has 0 bridgehead atoms. The van der Waals surface area contributed by atoms with E-state index >= 15 is 0 Å². The largest absolute Gasteiger partial charge is 0.495 e. The Hall–Kier alpha value is -1.71. The second kappa shape index (κ2) is 5.29. The molecule has 0 heterocycles. The van der Waals surface area contributed by atoms with Crippen LogP contribution in [-0.2, 0) is 4.79 Å². The number of nitrogen functional groups attached to an aromatic ring is 1. The smallest absolute Gasteiger partial charge is 0.227 e. The molecule has 98 valence electrons. The lowest BCUT2D eigenvalue weighted by Gasteiger charge is -2.17. The Morgan fingerprint density at radius 3 is 2.83 bits per heavy atom. The number of carbonyl (C=O) groups excluding carboxylic acids is 1. The average molecular weight is 248 g/mol. The van der Waals surface area contributed by atoms with Gasteiger partial charge in [0.2, 0.25) is 5.91 Å². The van der Waals surface area contributed by atoms with Gasteiger partial charge in [0.1, 0.15) is 5.75 Å². The molecule has 0 spiro atoms. The van der Waals surface area contributed by atoms with Crippen LogP contribution in [0.5, 0.6) is 5.75 Å². The van der Waals surface area contributed by atoms with Crippen LogP contribution in [0, 0.1) is 11.8 Å². The monoisotopic (exact) mass is 248 g/mol. The molecule has 1 aliphatic rings. The van der Waals surface area contributed by atoms with Crippen molar-refractivity contribution in [1.29, 1.82) is 0 Å². The molecule has 2 unspecified atom stereocenters. The van der Waals surface area contributed by atoms with Crippen LogP contribution in [0.1, 0.15) is 26.2 Å². The van der Waals surface area contributed by atoms with Crippen molar-refractivity contribution in [3.8, 4) is 5.75 Å². The third-order valence-electron chi connectivity index (χ3n) is 3.68. The number of anilines is 2. The topological polar surface area (TPSA) is 64.3 Å². The fourth-order valence-electron chi connectivity index (χ4n) is 2.58. The first-order valence-corrected chi connectivity index (χ1v) is 6.36. The van der Waals surface area contributed by atoms with E-state index in [-0.39, 0.29) is 11.8 Å². The highest BCUT2D eigenvalue weighted by Gasteiger charge is 2.30. The minimum absolute atomic E-state index is 0.0731. The van der Waals surface area contributed by atoms with Gasteiger partial charge in [-0.25, -0.2) is 0 Å². The molecule has 3 N–H and O–H groups in total. The molecule has 1 saturated carbocycles. The van der Waals surface area contributed by atoms with Gasteiger partial charge in [0.05, 0.1) is 12.8 Å². The molecule has 1 fully saturated rings. The van der Waals surface area contributed by atoms with Gasteiger partial charge < -0.3 is 15.8 Å². The Morgan fingerprint density at radius 1 is 1.44 bits per heavy atom. The van der Waals surface area contributed by atoms with Crippen LogP contribution in [0.4, 0.5) is 11.4 Å². The highest BCUT2D eigenvalue weighted by atomic mass is 16.5. The van der Waals surface area contributed by atoms with Crippen molar-refractivity contribution in [3.05, 3.63) is 18.2 Å². The van der Waals surface area contributed by atoms with Gasteiger partial charge in [-0.05, 0) is 37.0 Å². The summed E-state index contributed by atoms with van der Waals surface area (Å²) in [5.74, 6) is 1.28. The summed E-state index contributed by atoms with van der Waals surface area (Å²) in [5.41, 5.74) is 7.00. The molecule has 0 aromatic heterocycles. The molecule has 0 aliphatic heterocycles. The number of benzene rings is 1. The lowest BCUT2D eigenvalue weighted by Crippen LogP contribution is -2.24. The molecule has 4 heteroatoms. The SMILES string of the molecule is COc1ccc(N)cc1NC(=O)C1CCCC1C. The fraction of sp³-hybridized carbons (Fsp3) is 0.500. The molecule has 2 atom stereocenters. The van der Waals surface area contributed by atoms with Crippen LogP contribution >= 0.6 is 0 Å². The number of rotatable bonds is 3. The summed E-state index contributed by atoms with van der Waals surface area (Å²) in [6, 6.07) is 5.26. The summed E-state index contributed by atoms with van der Waals surface area (Å²) in [6.45, 7) is 2.13. The predicted molar refractivity (Wildman–Crippen MR) is 72.5 cm³/mol. The Kier molecular flexibility index (Phi) is 3.75. The first kappa shape index (κ1) is 12.7. The van der Waals surface area contributed by atoms with E-state index in [1.165, 1.54) is 0 Å². The van der Waals surface area contributed by atoms with E-state index in [1.54, 1.807) is 25.3 Å². The van der Waals surface area contributed by atoms with Gasteiger partial charge in [0.15, 0.2) is 0 Å². The summed E-state index contributed by atoms with van der Waals surface area (Å²) >= 11 is 0. The first-order chi connectivity index (χ1) is 8.61. The molecule has 18 heavy (non-hydrogen) atoms. The molecule has 2 rings (SSSR count). The zero-order valence-corrected chi connectivity index (χ0v) is 10.9. The standard InChI is InChI=1S/C14H20N2O2/c1-9-4-3-5-11(9)14(17)16-12-8-10(15)6-7-13(12)18-2/h6-9,11H,3-5,15H2,1-2H3,(H,16,17). The quantitative estimate of drug-likeness (QED) is 0.808. The number of nitrogens with two attached hydrogens (primary N) is 1. The molecule has 0 radical (unpaired) electrons. The van der Waals surface area contributed by atoms with Gasteiger partial charge in [-0.15, -0.1) is 0 Å². The lowest BCUT2D eigenvalue weighted by molar-refractivity contribution is -0.120. The van der Waals surface area contributed by atoms with Crippen molar-refractivity contribution in [2.24, 2.45) is 11.8 Å². The zero-order chi connectivity index (χ0) is 13.1. The number of hydrogen-bond donors (Lipinski definition) is 2. The van der Waals surface area contributed by atoms with E-state index in [2.05, 4.69) is 12.2 Å². The predicted octanol–water partition coefficient (Wildman–Crippen LogP) is 2.65. The lowest BCUT2D eigenvalue weighted by atomic mass is 9.97. The van der Waals surface area contributed by atoms with E-state index in [1.807, 2.05) is 0 Å². The number of methoxy groups -OCH3 is 1. The van der Waals surface area contributed by atoms with Gasteiger partial charge in [0, 0.05) is 11.6 Å². The van der Waals surface area contributed by atoms with Crippen LogP contribution in [0.15, 0.2) is 18.2 Å². The Morgan fingerprint density at radius 2 is 2.22 bits per heavy atom. The number of amides is 1. The average Bonchev–Trinajstić information content (AvgIpc) is 2.76. The molecule has 4 nitrogen and oxygen atoms in total. The Bertz CT molecular complexity index is 445. The van der Waals surface area contributed by atoms with E-state index in [0.29, 0.717) is 23.0 Å². The summed E-state index contributed by atoms with van der Waals surface area (Å²) in [5, 5.41) is 2.93. The van der Waals surface area contributed by atoms with Crippen molar-refractivity contribution >= 4 is 17.3 Å². The zero-order valence-electron chi connectivity index (χ0n) is 10.9. The van der Waals surface area contributed by atoms with Crippen molar-refractivity contribution < 1.29 is 9.53 Å². The van der Waals surface area contributed by atoms with E-state index in [4.69, 9.17) is 10.5 Å². The van der Waals surface area contributed by atoms with Crippen molar-refractivity contribution in [2.75, 3.05) is 18.2 Å². The van der Waals surface area contributed by atoms with Gasteiger partial charge in [-0.2, -0.15) is 0 Å². The summed E-state index contributed by atoms with van der Waals surface area (Å²) in [7, 11) is 1.58. The van der Waals surface area contributed by atoms with Crippen LogP contribution in [0.2, 0.25) is 0 Å². The molecule has 1 aliphatic carbocycles. The van der Waals surface area contributed by atoms with Crippen molar-refractivity contribution in [2.45, 2.75) is 26.2 Å². The number of carbonyl (C=O) groups is 1. The maximum atomic E-state index is 12.2. The maximum Gasteiger partial charge on any atom is 0.227 e. The molecule has 1 amide bonds. The van der Waals surface area contributed by atoms with Crippen LogP contribution in [0.3, 0.4) is 0 Å². The molecular weight excluding hydrogens is 228 g/mol. The third-order valence-corrected chi connectivity index (χ3v) is 3.68. The molecule has 0 saturated heterocycles. The van der Waals surface area contributed by atoms with Crippen LogP contribution < -0.4 is 15.8 Å². The Labute approximate surface area is 108 Å². The normalized spacial score (nSPS) is 22.8. The van der Waals surface area contributed by atoms with E-state index < -0.39 is 0 Å². The van der Waals surface area contributed by atoms with Crippen LogP contribution in [0.25, 0.3) is 0 Å². The fourth-order valence-corrected chi connectivity index (χ4v) is 2.58. The third kappa shape index (κ3) is 2.58. The highest BCUT2D eigenvalue weighted by Crippen LogP contribution is 2.33. The van der Waals surface area contributed by atoms with Crippen LogP contribution in [-0.4, -0.2) is 13.0 Å². The van der Waals surface area contributed by atoms with Gasteiger partial charge >= 0.3 is 0 Å². The van der Waals surface area contributed by atoms with Crippen molar-refractivity contribution in [1.82, 2.24) is 0 Å². The van der Waals surface area contributed by atoms with Gasteiger partial charge in [-0.1, -0.05) is 13.3 Å². The summed E-state index contributed by atoms with van der Waals surface area (Å²) in [6.07, 6.45) is 3.23. The van der Waals surface area contributed by atoms with E-state index in [0.717, 1.165) is 19.3 Å². The minimum Gasteiger partial charge on any atom is -0.495 e. The number of hydrogen-bond acceptors (Lipinski definition) is 3. The highest BCUT2D eigenvalue weighted by molar-refractivity contribution is 5.94. The molecule has 1 aromatic carbocycles. The van der Waals surface area contributed by atoms with Gasteiger partial charge in [0.25, 0.3) is 0 Å². The summed E-state index contributed by atoms with van der Waals surface area (Å²) < 4.78 is 5.22.